The van der Waals surface area contributed by atoms with Crippen LogP contribution in [0.5, 0.6) is 0 Å². The van der Waals surface area contributed by atoms with Crippen LogP contribution < -0.4 is 5.32 Å². The Morgan fingerprint density at radius 2 is 0.951 bits per heavy atom. The second-order valence-corrected chi connectivity index (χ2v) is 10.2. The minimum atomic E-state index is -1.02. The second-order valence-electron chi connectivity index (χ2n) is 10.2. The predicted molar refractivity (Wildman–Crippen MR) is 146 cm³/mol. The van der Waals surface area contributed by atoms with E-state index in [1.807, 2.05) is 4.90 Å². The number of amides is 3. The minimum absolute atomic E-state index is 0.0686. The molecule has 41 heavy (non-hydrogen) atoms. The number of carboxylic acid groups (broad SMARTS) is 3. The summed E-state index contributed by atoms with van der Waals surface area (Å²) in [6.45, 7) is 2.93. The molecule has 15 nitrogen and oxygen atoms in total. The lowest BCUT2D eigenvalue weighted by Gasteiger charge is -2.32. The normalized spacial score (nSPS) is 18.7. The van der Waals surface area contributed by atoms with Gasteiger partial charge in [-0.2, -0.15) is 0 Å². The van der Waals surface area contributed by atoms with Crippen LogP contribution >= 0.6 is 0 Å². The molecular formula is C26H42N6O9. The zero-order valence-corrected chi connectivity index (χ0v) is 23.4. The molecule has 0 radical (unpaired) electrons. The molecule has 0 aromatic rings. The molecule has 0 aromatic heterocycles. The van der Waals surface area contributed by atoms with Crippen molar-refractivity contribution in [3.05, 3.63) is 12.2 Å². The Kier molecular flexibility index (Phi) is 14.9. The summed E-state index contributed by atoms with van der Waals surface area (Å²) < 4.78 is 0. The Bertz CT molecular complexity index is 910. The third-order valence-electron chi connectivity index (χ3n) is 6.90. The maximum Gasteiger partial charge on any atom is 0.317 e. The van der Waals surface area contributed by atoms with Gasteiger partial charge in [0.2, 0.25) is 5.91 Å². The van der Waals surface area contributed by atoms with Crippen molar-refractivity contribution >= 4 is 35.6 Å². The predicted octanol–water partition coefficient (Wildman–Crippen LogP) is -1.94. The number of aliphatic carboxylic acids is 3. The zero-order chi connectivity index (χ0) is 30.2. The molecular weight excluding hydrogens is 540 g/mol. The standard InChI is InChI=1S/C26H42N6O9/c33-21(27-7-3-1-2-4-8-32-22(34)5-6-23(32)35)17-28-9-11-29(18-24(36)37)13-15-31(20-26(40)41)16-14-30(12-10-28)19-25(38)39/h5-6H,1-4,7-20H2,(H,27,33)(H,36,37)(H,38,39)(H,40,41). The van der Waals surface area contributed by atoms with Crippen molar-refractivity contribution in [2.45, 2.75) is 25.7 Å². The van der Waals surface area contributed by atoms with Gasteiger partial charge in [-0.3, -0.25) is 53.3 Å². The highest BCUT2D eigenvalue weighted by Gasteiger charge is 2.23. The van der Waals surface area contributed by atoms with Crippen molar-refractivity contribution in [1.29, 1.82) is 0 Å². The fraction of sp³-hybridized carbons (Fsp3) is 0.692. The molecule has 4 N–H and O–H groups in total. The molecule has 0 aromatic carbocycles. The van der Waals surface area contributed by atoms with Crippen LogP contribution in [0.15, 0.2) is 12.2 Å². The van der Waals surface area contributed by atoms with Gasteiger partial charge in [0.25, 0.3) is 11.8 Å². The number of rotatable bonds is 15. The Hall–Kier alpha value is -3.40. The van der Waals surface area contributed by atoms with Crippen molar-refractivity contribution in [1.82, 2.24) is 29.8 Å². The molecule has 0 bridgehead atoms. The number of nitrogens with one attached hydrogen (secondary N) is 1. The van der Waals surface area contributed by atoms with Crippen molar-refractivity contribution in [2.24, 2.45) is 0 Å². The summed E-state index contributed by atoms with van der Waals surface area (Å²) in [5.74, 6) is -3.80. The minimum Gasteiger partial charge on any atom is -0.480 e. The van der Waals surface area contributed by atoms with Gasteiger partial charge in [0.05, 0.1) is 26.2 Å². The highest BCUT2D eigenvalue weighted by atomic mass is 16.4. The molecule has 2 aliphatic rings. The molecule has 15 heteroatoms. The Balaban J connectivity index is 1.85. The first-order chi connectivity index (χ1) is 19.5. The smallest absolute Gasteiger partial charge is 0.317 e. The fourth-order valence-electron chi connectivity index (χ4n) is 4.67. The Morgan fingerprint density at radius 3 is 1.34 bits per heavy atom. The van der Waals surface area contributed by atoms with Gasteiger partial charge in [0.1, 0.15) is 0 Å². The second kappa shape index (κ2) is 18.1. The van der Waals surface area contributed by atoms with E-state index in [0.717, 1.165) is 19.3 Å². The summed E-state index contributed by atoms with van der Waals surface area (Å²) in [6.07, 6.45) is 5.58. The summed E-state index contributed by atoms with van der Waals surface area (Å²) in [5.41, 5.74) is 0. The highest BCUT2D eigenvalue weighted by Crippen LogP contribution is 2.07. The number of carbonyl (C=O) groups is 6. The number of unbranched alkanes of at least 4 members (excludes halogenated alkanes) is 3. The quantitative estimate of drug-likeness (QED) is 0.123. The van der Waals surface area contributed by atoms with E-state index in [9.17, 15) is 44.1 Å². The first kappa shape index (κ1) is 33.8. The van der Waals surface area contributed by atoms with Crippen LogP contribution in [0.4, 0.5) is 0 Å². The summed E-state index contributed by atoms with van der Waals surface area (Å²) in [6, 6.07) is 0. The summed E-state index contributed by atoms with van der Waals surface area (Å²) in [7, 11) is 0. The van der Waals surface area contributed by atoms with E-state index in [1.165, 1.54) is 17.1 Å². The van der Waals surface area contributed by atoms with Crippen LogP contribution in [0.3, 0.4) is 0 Å². The van der Waals surface area contributed by atoms with Gasteiger partial charge in [0, 0.05) is 77.6 Å². The van der Waals surface area contributed by atoms with Gasteiger partial charge < -0.3 is 20.6 Å². The van der Waals surface area contributed by atoms with Gasteiger partial charge in [-0.1, -0.05) is 12.8 Å². The molecule has 2 rings (SSSR count). The number of carbonyl (C=O) groups excluding carboxylic acids is 3. The van der Waals surface area contributed by atoms with Gasteiger partial charge >= 0.3 is 17.9 Å². The average molecular weight is 583 g/mol. The average Bonchev–Trinajstić information content (AvgIpc) is 3.20. The first-order valence-corrected chi connectivity index (χ1v) is 13.9. The van der Waals surface area contributed by atoms with Crippen LogP contribution in [-0.2, 0) is 28.8 Å². The van der Waals surface area contributed by atoms with E-state index < -0.39 is 17.9 Å². The van der Waals surface area contributed by atoms with E-state index in [-0.39, 0.29) is 43.9 Å². The summed E-state index contributed by atoms with van der Waals surface area (Å²) in [5, 5.41) is 30.8. The van der Waals surface area contributed by atoms with Crippen LogP contribution in [0, 0.1) is 0 Å². The number of carboxylic acids is 3. The van der Waals surface area contributed by atoms with Crippen molar-refractivity contribution in [2.75, 3.05) is 91.6 Å². The molecule has 2 heterocycles. The van der Waals surface area contributed by atoms with E-state index in [0.29, 0.717) is 71.9 Å². The lowest BCUT2D eigenvalue weighted by atomic mass is 10.2. The fourth-order valence-corrected chi connectivity index (χ4v) is 4.67. The van der Waals surface area contributed by atoms with E-state index in [4.69, 9.17) is 0 Å². The third-order valence-corrected chi connectivity index (χ3v) is 6.90. The van der Waals surface area contributed by atoms with Crippen LogP contribution in [-0.4, -0.2) is 167 Å². The molecule has 0 aliphatic carbocycles. The molecule has 2 aliphatic heterocycles. The molecule has 0 unspecified atom stereocenters. The van der Waals surface area contributed by atoms with Crippen LogP contribution in [0.2, 0.25) is 0 Å². The summed E-state index contributed by atoms with van der Waals surface area (Å²) in [4.78, 5) is 78.0. The van der Waals surface area contributed by atoms with Gasteiger partial charge in [-0.05, 0) is 12.8 Å². The van der Waals surface area contributed by atoms with Crippen LogP contribution in [0.25, 0.3) is 0 Å². The molecule has 0 spiro atoms. The van der Waals surface area contributed by atoms with Crippen molar-refractivity contribution in [3.8, 4) is 0 Å². The molecule has 1 fully saturated rings. The largest absolute Gasteiger partial charge is 0.480 e. The zero-order valence-electron chi connectivity index (χ0n) is 23.4. The number of imide groups is 1. The van der Waals surface area contributed by atoms with E-state index in [2.05, 4.69) is 5.32 Å². The SMILES string of the molecule is O=C(O)CN1CCN(CC(=O)O)CCN(CC(=O)NCCCCCCN2C(=O)C=CC2=O)CCN(CC(=O)O)CC1. The first-order valence-electron chi connectivity index (χ1n) is 13.9. The van der Waals surface area contributed by atoms with Gasteiger partial charge in [-0.15, -0.1) is 0 Å². The maximum atomic E-state index is 12.7. The van der Waals surface area contributed by atoms with E-state index >= 15 is 0 Å². The van der Waals surface area contributed by atoms with E-state index in [1.54, 1.807) is 14.7 Å². The van der Waals surface area contributed by atoms with Gasteiger partial charge in [0.15, 0.2) is 0 Å². The monoisotopic (exact) mass is 582 g/mol. The highest BCUT2D eigenvalue weighted by molar-refractivity contribution is 6.12. The van der Waals surface area contributed by atoms with Crippen molar-refractivity contribution < 1.29 is 44.1 Å². The Morgan fingerprint density at radius 1 is 0.585 bits per heavy atom. The lowest BCUT2D eigenvalue weighted by molar-refractivity contribution is -0.140. The molecule has 0 atom stereocenters. The van der Waals surface area contributed by atoms with Crippen LogP contribution in [0.1, 0.15) is 25.7 Å². The molecule has 230 valence electrons. The maximum absolute atomic E-state index is 12.7. The number of hydrogen-bond acceptors (Lipinski definition) is 10. The van der Waals surface area contributed by atoms with Crippen molar-refractivity contribution in [3.63, 3.8) is 0 Å². The molecule has 3 amide bonds. The number of nitrogens with zero attached hydrogens (tertiary/aromatic N) is 5. The van der Waals surface area contributed by atoms with Gasteiger partial charge in [-0.25, -0.2) is 0 Å². The molecule has 1 saturated heterocycles. The Labute approximate surface area is 239 Å². The molecule has 0 saturated carbocycles. The third kappa shape index (κ3) is 14.2. The number of hydrogen-bond donors (Lipinski definition) is 4. The lowest BCUT2D eigenvalue weighted by Crippen LogP contribution is -2.49. The topological polar surface area (TPSA) is 191 Å². The summed E-state index contributed by atoms with van der Waals surface area (Å²) >= 11 is 0.